The lowest BCUT2D eigenvalue weighted by Gasteiger charge is -2.38. The quantitative estimate of drug-likeness (QED) is 0.322. The number of nitrogens with zero attached hydrogens (tertiary/aromatic N) is 3. The van der Waals surface area contributed by atoms with Crippen molar-refractivity contribution in [2.75, 3.05) is 21.1 Å². The minimum Gasteiger partial charge on any atom is -0.450 e. The van der Waals surface area contributed by atoms with Gasteiger partial charge in [-0.3, -0.25) is 14.4 Å². The van der Waals surface area contributed by atoms with Gasteiger partial charge in [-0.2, -0.15) is 0 Å². The molecule has 44 heavy (non-hydrogen) atoms. The molecule has 0 aromatic carbocycles. The molecule has 1 heterocycles. The summed E-state index contributed by atoms with van der Waals surface area (Å²) < 4.78 is 17.3. The zero-order chi connectivity index (χ0) is 34.4. The smallest absolute Gasteiger partial charge is 0.329 e. The van der Waals surface area contributed by atoms with Crippen LogP contribution in [0, 0.1) is 29.6 Å². The van der Waals surface area contributed by atoms with Crippen molar-refractivity contribution in [3.63, 3.8) is 0 Å². The first-order valence-corrected chi connectivity index (χ1v) is 15.6. The maximum atomic E-state index is 13.9. The van der Waals surface area contributed by atoms with Gasteiger partial charge in [0.15, 0.2) is 18.3 Å². The predicted molar refractivity (Wildman–Crippen MR) is 164 cm³/mol. The van der Waals surface area contributed by atoms with E-state index in [1.807, 2.05) is 6.92 Å². The molecule has 0 aromatic heterocycles. The maximum Gasteiger partial charge on any atom is 0.329 e. The lowest BCUT2D eigenvalue weighted by molar-refractivity contribution is -0.180. The summed E-state index contributed by atoms with van der Waals surface area (Å²) in [6.45, 7) is 18.8. The van der Waals surface area contributed by atoms with Crippen LogP contribution in [0.2, 0.25) is 0 Å². The average molecular weight is 626 g/mol. The minimum absolute atomic E-state index is 0.375. The molecule has 0 aliphatic carbocycles. The van der Waals surface area contributed by atoms with Gasteiger partial charge >= 0.3 is 17.9 Å². The van der Waals surface area contributed by atoms with E-state index >= 15 is 0 Å². The maximum absolute atomic E-state index is 13.9. The normalized spacial score (nSPS) is 28.4. The van der Waals surface area contributed by atoms with Crippen molar-refractivity contribution in [1.29, 1.82) is 0 Å². The highest BCUT2D eigenvalue weighted by molar-refractivity contribution is 5.94. The van der Waals surface area contributed by atoms with E-state index in [0.717, 1.165) is 4.90 Å². The van der Waals surface area contributed by atoms with E-state index < -0.39 is 95.7 Å². The summed E-state index contributed by atoms with van der Waals surface area (Å²) in [6, 6.07) is -3.33. The first-order chi connectivity index (χ1) is 20.2. The number of amides is 3. The summed E-state index contributed by atoms with van der Waals surface area (Å²) in [6.07, 6.45) is -3.30. The number of hydrogen-bond acceptors (Lipinski definition) is 9. The monoisotopic (exact) mass is 625 g/mol. The van der Waals surface area contributed by atoms with Crippen molar-refractivity contribution in [2.24, 2.45) is 29.6 Å². The lowest BCUT2D eigenvalue weighted by Crippen LogP contribution is -2.57. The molecule has 252 valence electrons. The number of ether oxygens (including phenoxy) is 3. The van der Waals surface area contributed by atoms with E-state index in [9.17, 15) is 28.8 Å². The van der Waals surface area contributed by atoms with Crippen molar-refractivity contribution in [3.8, 4) is 0 Å². The van der Waals surface area contributed by atoms with Crippen molar-refractivity contribution in [1.82, 2.24) is 14.7 Å². The Bertz CT molecular complexity index is 1060. The van der Waals surface area contributed by atoms with Crippen LogP contribution in [0.15, 0.2) is 0 Å². The first-order valence-electron chi connectivity index (χ1n) is 15.6. The predicted octanol–water partition coefficient (Wildman–Crippen LogP) is 2.91. The second-order valence-corrected chi connectivity index (χ2v) is 13.3. The zero-order valence-corrected chi connectivity index (χ0v) is 29.1. The van der Waals surface area contributed by atoms with Gasteiger partial charge in [0.1, 0.15) is 18.1 Å². The highest BCUT2D eigenvalue weighted by Crippen LogP contribution is 2.24. The van der Waals surface area contributed by atoms with Crippen LogP contribution in [-0.2, 0) is 43.0 Å². The molecule has 0 saturated carbocycles. The second kappa shape index (κ2) is 16.2. The molecule has 3 amide bonds. The fraction of sp³-hybridized carbons (Fsp3) is 0.812. The Morgan fingerprint density at radius 3 is 1.18 bits per heavy atom. The molecule has 1 aliphatic heterocycles. The Morgan fingerprint density at radius 1 is 0.523 bits per heavy atom. The molecule has 1 fully saturated rings. The van der Waals surface area contributed by atoms with Gasteiger partial charge in [0.05, 0.1) is 0 Å². The first kappa shape index (κ1) is 38.8. The molecular weight excluding hydrogens is 570 g/mol. The topological polar surface area (TPSA) is 140 Å². The summed E-state index contributed by atoms with van der Waals surface area (Å²) >= 11 is 0. The number of cyclic esters (lactones) is 3. The average Bonchev–Trinajstić information content (AvgIpc) is 2.93. The van der Waals surface area contributed by atoms with Gasteiger partial charge in [-0.25, -0.2) is 14.4 Å². The molecule has 0 bridgehead atoms. The van der Waals surface area contributed by atoms with Crippen molar-refractivity contribution in [2.45, 2.75) is 119 Å². The van der Waals surface area contributed by atoms with Crippen LogP contribution < -0.4 is 0 Å². The van der Waals surface area contributed by atoms with Crippen molar-refractivity contribution in [3.05, 3.63) is 0 Å². The standard InChI is InChI=1S/C32H55N3O9/c1-15-20(10)23-32(41)44-24(17(4)5)27(36)33(12)21(11)30(39)42-25(18(6)7)28(37)34(13)22(16(2)3)31(40)43-26(19(8)9)29(38)35(23)14/h16-26H,15H2,1-14H3/t20-,21+,22-,23-,24+,25+,26+/m0/s1. The summed E-state index contributed by atoms with van der Waals surface area (Å²) in [5.41, 5.74) is 0. The molecular formula is C32H55N3O9. The van der Waals surface area contributed by atoms with Crippen molar-refractivity contribution >= 4 is 35.6 Å². The number of carbonyl (C=O) groups is 6. The summed E-state index contributed by atoms with van der Waals surface area (Å²) in [5.74, 6) is -6.51. The van der Waals surface area contributed by atoms with Crippen molar-refractivity contribution < 1.29 is 43.0 Å². The van der Waals surface area contributed by atoms with Gasteiger partial charge in [-0.05, 0) is 36.5 Å². The molecule has 1 saturated heterocycles. The van der Waals surface area contributed by atoms with Gasteiger partial charge in [-0.15, -0.1) is 0 Å². The largest absolute Gasteiger partial charge is 0.450 e. The van der Waals surface area contributed by atoms with E-state index in [4.69, 9.17) is 14.2 Å². The van der Waals surface area contributed by atoms with E-state index in [1.165, 1.54) is 37.9 Å². The van der Waals surface area contributed by atoms with Crippen LogP contribution in [0.4, 0.5) is 0 Å². The number of rotatable bonds is 6. The number of carbonyl (C=O) groups excluding carboxylic acids is 6. The number of likely N-dealkylation sites (N-methyl/N-ethyl adjacent to an activating group) is 3. The molecule has 0 N–H and O–H groups in total. The molecule has 0 aromatic rings. The van der Waals surface area contributed by atoms with Gasteiger partial charge in [0.2, 0.25) is 0 Å². The molecule has 7 atom stereocenters. The summed E-state index contributed by atoms with van der Waals surface area (Å²) in [4.78, 5) is 85.5. The lowest BCUT2D eigenvalue weighted by atomic mass is 9.95. The Hall–Kier alpha value is -3.18. The van der Waals surface area contributed by atoms with Gasteiger partial charge < -0.3 is 28.9 Å². The molecule has 0 unspecified atom stereocenters. The molecule has 1 aliphatic rings. The van der Waals surface area contributed by atoms with E-state index in [2.05, 4.69) is 0 Å². The van der Waals surface area contributed by atoms with Gasteiger partial charge in [-0.1, -0.05) is 75.7 Å². The highest BCUT2D eigenvalue weighted by Gasteiger charge is 2.44. The van der Waals surface area contributed by atoms with Crippen LogP contribution in [0.5, 0.6) is 0 Å². The fourth-order valence-electron chi connectivity index (χ4n) is 5.13. The van der Waals surface area contributed by atoms with Crippen LogP contribution in [0.1, 0.15) is 82.6 Å². The molecule has 0 spiro atoms. The van der Waals surface area contributed by atoms with E-state index in [0.29, 0.717) is 6.42 Å². The van der Waals surface area contributed by atoms with E-state index in [1.54, 1.807) is 62.3 Å². The summed E-state index contributed by atoms with van der Waals surface area (Å²) in [5, 5.41) is 0. The second-order valence-electron chi connectivity index (χ2n) is 13.3. The van der Waals surface area contributed by atoms with Gasteiger partial charge in [0, 0.05) is 21.1 Å². The molecule has 0 radical (unpaired) electrons. The Labute approximate surface area is 263 Å². The number of esters is 3. The molecule has 12 heteroatoms. The SMILES string of the molecule is CC[C@H](C)[C@H]1C(=O)O[C@H](C(C)C)C(=O)N(C)[C@H](C)C(=O)O[C@H](C(C)C)C(=O)N(C)[C@@H](C(C)C)C(=O)O[C@H](C(C)C)C(=O)N1C. The minimum atomic E-state index is -1.27. The van der Waals surface area contributed by atoms with Crippen LogP contribution in [0.3, 0.4) is 0 Å². The summed E-state index contributed by atoms with van der Waals surface area (Å²) in [7, 11) is 4.27. The highest BCUT2D eigenvalue weighted by atomic mass is 16.6. The van der Waals surface area contributed by atoms with Crippen LogP contribution >= 0.6 is 0 Å². The number of hydrogen-bond donors (Lipinski definition) is 0. The fourth-order valence-corrected chi connectivity index (χ4v) is 5.13. The van der Waals surface area contributed by atoms with E-state index in [-0.39, 0.29) is 5.92 Å². The molecule has 12 nitrogen and oxygen atoms in total. The van der Waals surface area contributed by atoms with Gasteiger partial charge in [0.25, 0.3) is 17.7 Å². The Morgan fingerprint density at radius 2 is 0.841 bits per heavy atom. The zero-order valence-electron chi connectivity index (χ0n) is 29.1. The Balaban J connectivity index is 3.86. The Kier molecular flexibility index (Phi) is 14.3. The third-order valence-electron chi connectivity index (χ3n) is 8.37. The molecule has 1 rings (SSSR count). The third-order valence-corrected chi connectivity index (χ3v) is 8.37. The third kappa shape index (κ3) is 8.94. The van der Waals surface area contributed by atoms with Crippen LogP contribution in [0.25, 0.3) is 0 Å². The van der Waals surface area contributed by atoms with Crippen LogP contribution in [-0.4, -0.2) is 108 Å².